The summed E-state index contributed by atoms with van der Waals surface area (Å²) in [6.07, 6.45) is 1.41. The number of rotatable bonds is 5. The fourth-order valence-electron chi connectivity index (χ4n) is 2.38. The van der Waals surface area contributed by atoms with Gasteiger partial charge in [-0.2, -0.15) is 0 Å². The number of hydrogen-bond donors (Lipinski definition) is 1. The maximum atomic E-state index is 11.1. The Labute approximate surface area is 141 Å². The summed E-state index contributed by atoms with van der Waals surface area (Å²) in [6.45, 7) is 1.86. The van der Waals surface area contributed by atoms with E-state index in [-0.39, 0.29) is 29.3 Å². The molecule has 0 unspecified atom stereocenters. The number of aromatic nitrogens is 2. The molecular formula is C16H13N5O4. The van der Waals surface area contributed by atoms with Crippen LogP contribution in [0.2, 0.25) is 0 Å². The largest absolute Gasteiger partial charge is 0.481 e. The molecule has 0 aliphatic carbocycles. The highest BCUT2D eigenvalue weighted by molar-refractivity contribution is 5.72. The molecule has 126 valence electrons. The van der Waals surface area contributed by atoms with E-state index in [0.29, 0.717) is 5.65 Å². The van der Waals surface area contributed by atoms with Crippen LogP contribution in [0.1, 0.15) is 11.3 Å². The van der Waals surface area contributed by atoms with E-state index >= 15 is 0 Å². The van der Waals surface area contributed by atoms with Crippen molar-refractivity contribution in [2.45, 2.75) is 13.3 Å². The van der Waals surface area contributed by atoms with E-state index in [0.717, 1.165) is 5.56 Å². The Morgan fingerprint density at radius 2 is 2.12 bits per heavy atom. The van der Waals surface area contributed by atoms with Gasteiger partial charge in [0.25, 0.3) is 5.69 Å². The zero-order chi connectivity index (χ0) is 18.0. The first-order valence-corrected chi connectivity index (χ1v) is 7.30. The van der Waals surface area contributed by atoms with Crippen molar-refractivity contribution in [3.63, 3.8) is 0 Å². The van der Waals surface area contributed by atoms with Crippen LogP contribution in [0, 0.1) is 17.0 Å². The summed E-state index contributed by atoms with van der Waals surface area (Å²) in [6, 6.07) is 9.36. The van der Waals surface area contributed by atoms with Gasteiger partial charge in [0.2, 0.25) is 0 Å². The van der Waals surface area contributed by atoms with Crippen molar-refractivity contribution >= 4 is 28.8 Å². The number of nitro groups is 1. The van der Waals surface area contributed by atoms with E-state index in [2.05, 4.69) is 15.2 Å². The van der Waals surface area contributed by atoms with Crippen LogP contribution in [0.4, 0.5) is 17.2 Å². The van der Waals surface area contributed by atoms with Crippen molar-refractivity contribution in [3.05, 3.63) is 64.0 Å². The molecule has 0 fully saturated rings. The summed E-state index contributed by atoms with van der Waals surface area (Å²) < 4.78 is 1.65. The van der Waals surface area contributed by atoms with Gasteiger partial charge in [-0.05, 0) is 24.6 Å². The number of pyridine rings is 1. The number of aliphatic carboxylic acids is 1. The molecule has 0 aliphatic heterocycles. The van der Waals surface area contributed by atoms with Crippen molar-refractivity contribution in [3.8, 4) is 0 Å². The lowest BCUT2D eigenvalue weighted by Gasteiger charge is -1.99. The molecule has 0 bridgehead atoms. The van der Waals surface area contributed by atoms with E-state index in [1.54, 1.807) is 22.7 Å². The lowest BCUT2D eigenvalue weighted by Crippen LogP contribution is -2.00. The molecule has 3 rings (SSSR count). The lowest BCUT2D eigenvalue weighted by molar-refractivity contribution is -0.384. The first kappa shape index (κ1) is 16.2. The van der Waals surface area contributed by atoms with Crippen molar-refractivity contribution in [2.24, 2.45) is 10.2 Å². The molecule has 0 aliphatic rings. The van der Waals surface area contributed by atoms with Crippen LogP contribution < -0.4 is 0 Å². The van der Waals surface area contributed by atoms with Crippen LogP contribution in [-0.4, -0.2) is 25.4 Å². The fourth-order valence-corrected chi connectivity index (χ4v) is 2.38. The molecule has 0 atom stereocenters. The molecule has 9 nitrogen and oxygen atoms in total. The first-order valence-electron chi connectivity index (χ1n) is 7.30. The Morgan fingerprint density at radius 1 is 1.32 bits per heavy atom. The van der Waals surface area contributed by atoms with Gasteiger partial charge in [-0.3, -0.25) is 19.3 Å². The molecule has 0 spiro atoms. The number of imidazole rings is 1. The second kappa shape index (κ2) is 6.48. The predicted molar refractivity (Wildman–Crippen MR) is 88.5 cm³/mol. The summed E-state index contributed by atoms with van der Waals surface area (Å²) in [4.78, 5) is 25.7. The number of fused-ring (bicyclic) bond motifs is 1. The minimum absolute atomic E-state index is 0.101. The maximum absolute atomic E-state index is 11.1. The van der Waals surface area contributed by atoms with Gasteiger partial charge in [0.15, 0.2) is 5.82 Å². The summed E-state index contributed by atoms with van der Waals surface area (Å²) in [7, 11) is 0. The summed E-state index contributed by atoms with van der Waals surface area (Å²) in [5.74, 6) is -0.750. The Bertz CT molecular complexity index is 1010. The van der Waals surface area contributed by atoms with Gasteiger partial charge in [-0.1, -0.05) is 12.1 Å². The van der Waals surface area contributed by atoms with Crippen molar-refractivity contribution in [2.75, 3.05) is 0 Å². The Kier molecular flexibility index (Phi) is 4.21. The fraction of sp³-hybridized carbons (Fsp3) is 0.125. The van der Waals surface area contributed by atoms with Gasteiger partial charge >= 0.3 is 5.97 Å². The van der Waals surface area contributed by atoms with Crippen molar-refractivity contribution < 1.29 is 14.8 Å². The normalized spacial score (nSPS) is 11.2. The third-order valence-electron chi connectivity index (χ3n) is 3.51. The minimum atomic E-state index is -1.03. The van der Waals surface area contributed by atoms with Gasteiger partial charge in [-0.25, -0.2) is 4.98 Å². The second-order valence-corrected chi connectivity index (χ2v) is 5.31. The van der Waals surface area contributed by atoms with Crippen LogP contribution in [0.3, 0.4) is 0 Å². The van der Waals surface area contributed by atoms with E-state index in [1.165, 1.54) is 18.2 Å². The number of carbonyl (C=O) groups is 1. The minimum Gasteiger partial charge on any atom is -0.481 e. The number of nitrogens with zero attached hydrogens (tertiary/aromatic N) is 5. The topological polar surface area (TPSA) is 122 Å². The molecule has 0 radical (unpaired) electrons. The highest BCUT2D eigenvalue weighted by atomic mass is 16.6. The Balaban J connectivity index is 2.08. The number of benzene rings is 1. The smallest absolute Gasteiger partial charge is 0.309 e. The third-order valence-corrected chi connectivity index (χ3v) is 3.51. The molecule has 0 saturated carbocycles. The van der Waals surface area contributed by atoms with Crippen molar-refractivity contribution in [1.29, 1.82) is 0 Å². The predicted octanol–water partition coefficient (Wildman–Crippen LogP) is 3.59. The number of non-ortho nitro benzene ring substituents is 1. The van der Waals surface area contributed by atoms with Gasteiger partial charge in [0.1, 0.15) is 5.65 Å². The first-order chi connectivity index (χ1) is 12.0. The summed E-state index contributed by atoms with van der Waals surface area (Å²) >= 11 is 0. The van der Waals surface area contributed by atoms with E-state index in [1.807, 2.05) is 13.0 Å². The lowest BCUT2D eigenvalue weighted by atomic mass is 10.3. The molecule has 1 N–H and O–H groups in total. The van der Waals surface area contributed by atoms with E-state index in [9.17, 15) is 14.9 Å². The van der Waals surface area contributed by atoms with E-state index in [4.69, 9.17) is 5.11 Å². The van der Waals surface area contributed by atoms with Crippen molar-refractivity contribution in [1.82, 2.24) is 9.38 Å². The molecule has 0 amide bonds. The molecule has 2 aromatic heterocycles. The molecule has 25 heavy (non-hydrogen) atoms. The van der Waals surface area contributed by atoms with Gasteiger partial charge in [0, 0.05) is 18.3 Å². The van der Waals surface area contributed by atoms with Gasteiger partial charge in [-0.15, -0.1) is 10.2 Å². The van der Waals surface area contributed by atoms with Crippen LogP contribution in [0.5, 0.6) is 0 Å². The second-order valence-electron chi connectivity index (χ2n) is 5.31. The average Bonchev–Trinajstić information content (AvgIpc) is 2.91. The van der Waals surface area contributed by atoms with Crippen LogP contribution in [0.15, 0.2) is 52.8 Å². The average molecular weight is 339 g/mol. The molecular weight excluding hydrogens is 326 g/mol. The maximum Gasteiger partial charge on any atom is 0.309 e. The molecule has 0 saturated heterocycles. The highest BCUT2D eigenvalue weighted by Crippen LogP contribution is 2.27. The Hall–Kier alpha value is -3.62. The molecule has 3 aromatic rings. The van der Waals surface area contributed by atoms with Crippen LogP contribution >= 0.6 is 0 Å². The van der Waals surface area contributed by atoms with Crippen LogP contribution in [0.25, 0.3) is 5.65 Å². The number of carboxylic acids is 1. The van der Waals surface area contributed by atoms with Crippen LogP contribution in [-0.2, 0) is 11.2 Å². The summed E-state index contributed by atoms with van der Waals surface area (Å²) in [5.41, 5.74) is 1.92. The monoisotopic (exact) mass is 339 g/mol. The standard InChI is InChI=1S/C16H13N5O4/c1-10-4-3-7-20-15(10)17-13(9-14(22)23)16(20)19-18-11-5-2-6-12(8-11)21(24)25/h2-8H,9H2,1H3,(H,22,23). The van der Waals surface area contributed by atoms with E-state index < -0.39 is 10.9 Å². The number of carboxylic acid groups (broad SMARTS) is 1. The summed E-state index contributed by atoms with van der Waals surface area (Å²) in [5, 5.41) is 28.0. The highest BCUT2D eigenvalue weighted by Gasteiger charge is 2.16. The van der Waals surface area contributed by atoms with Gasteiger partial charge < -0.3 is 5.11 Å². The number of aryl methyl sites for hydroxylation is 1. The SMILES string of the molecule is Cc1cccn2c(N=Nc3cccc([N+](=O)[O-])c3)c(CC(=O)O)nc12. The molecule has 1 aromatic carbocycles. The molecule has 9 heteroatoms. The number of azo groups is 1. The zero-order valence-corrected chi connectivity index (χ0v) is 13.2. The number of nitro benzene ring substituents is 1. The zero-order valence-electron chi connectivity index (χ0n) is 13.2. The van der Waals surface area contributed by atoms with Gasteiger partial charge in [0.05, 0.1) is 22.7 Å². The third kappa shape index (κ3) is 3.34. The Morgan fingerprint density at radius 3 is 2.84 bits per heavy atom. The quantitative estimate of drug-likeness (QED) is 0.432. The molecule has 2 heterocycles. The number of hydrogen-bond acceptors (Lipinski definition) is 6.